The lowest BCUT2D eigenvalue weighted by molar-refractivity contribution is -0.138. The molecule has 0 spiro atoms. The molecule has 12 heteroatoms. The first-order valence-electron chi connectivity index (χ1n) is 13.7. The van der Waals surface area contributed by atoms with Gasteiger partial charge in [-0.15, -0.1) is 0 Å². The van der Waals surface area contributed by atoms with Gasteiger partial charge in [0.05, 0.1) is 12.3 Å². The summed E-state index contributed by atoms with van der Waals surface area (Å²) in [6.07, 6.45) is 1.43. The van der Waals surface area contributed by atoms with Crippen molar-refractivity contribution in [1.82, 2.24) is 30.0 Å². The Kier molecular flexibility index (Phi) is 10.0. The molecule has 2 aliphatic rings. The number of hydrogen-bond donors (Lipinski definition) is 2. The standard InChI is InChI=1S/C28H36N6O6/c1-2-40-28(39)34-16-14-33(15-17-34)27(38)22(10-11-24(35)36)31-26(37)23-18-21(19-32-12-6-7-13-32)29-25(30-23)20-8-4-3-5-9-20/h3-5,8-9,18,22H,2,6-7,10-17,19H2,1H3,(H,31,37)(H,35,36). The van der Waals surface area contributed by atoms with Crippen LogP contribution in [0, 0.1) is 0 Å². The Morgan fingerprint density at radius 1 is 0.975 bits per heavy atom. The maximum absolute atomic E-state index is 13.5. The molecule has 1 unspecified atom stereocenters. The minimum atomic E-state index is -1.07. The van der Waals surface area contributed by atoms with Gasteiger partial charge >= 0.3 is 12.1 Å². The van der Waals surface area contributed by atoms with Gasteiger partial charge in [0, 0.05) is 44.7 Å². The third-order valence-corrected chi connectivity index (χ3v) is 7.00. The summed E-state index contributed by atoms with van der Waals surface area (Å²) in [5, 5.41) is 12.0. The minimum absolute atomic E-state index is 0.0741. The van der Waals surface area contributed by atoms with Crippen LogP contribution in [0.15, 0.2) is 36.4 Å². The number of carboxylic acid groups (broad SMARTS) is 1. The molecule has 2 aliphatic heterocycles. The van der Waals surface area contributed by atoms with E-state index in [0.29, 0.717) is 18.1 Å². The largest absolute Gasteiger partial charge is 0.481 e. The van der Waals surface area contributed by atoms with E-state index in [0.717, 1.165) is 31.5 Å². The van der Waals surface area contributed by atoms with Gasteiger partial charge in [0.1, 0.15) is 11.7 Å². The van der Waals surface area contributed by atoms with Crippen molar-refractivity contribution < 1.29 is 29.0 Å². The fourth-order valence-electron chi connectivity index (χ4n) is 4.88. The fraction of sp³-hybridized carbons (Fsp3) is 0.500. The molecule has 0 saturated carbocycles. The third-order valence-electron chi connectivity index (χ3n) is 7.00. The van der Waals surface area contributed by atoms with Crippen molar-refractivity contribution in [3.05, 3.63) is 47.8 Å². The molecule has 2 N–H and O–H groups in total. The Morgan fingerprint density at radius 3 is 2.30 bits per heavy atom. The Labute approximate surface area is 233 Å². The van der Waals surface area contributed by atoms with Crippen molar-refractivity contribution in [3.8, 4) is 11.4 Å². The van der Waals surface area contributed by atoms with Crippen LogP contribution in [0.3, 0.4) is 0 Å². The van der Waals surface area contributed by atoms with Crippen molar-refractivity contribution in [2.45, 2.75) is 45.2 Å². The molecule has 1 atom stereocenters. The molecule has 0 aliphatic carbocycles. The summed E-state index contributed by atoms with van der Waals surface area (Å²) in [5.41, 5.74) is 1.57. The smallest absolute Gasteiger partial charge is 0.409 e. The second kappa shape index (κ2) is 13.8. The summed E-state index contributed by atoms with van der Waals surface area (Å²) in [5.74, 6) is -1.63. The van der Waals surface area contributed by atoms with Crippen LogP contribution in [0.25, 0.3) is 11.4 Å². The summed E-state index contributed by atoms with van der Waals surface area (Å²) in [6, 6.07) is 9.93. The van der Waals surface area contributed by atoms with Crippen molar-refractivity contribution in [2.75, 3.05) is 45.9 Å². The number of carbonyl (C=O) groups is 4. The van der Waals surface area contributed by atoms with Crippen molar-refractivity contribution in [1.29, 1.82) is 0 Å². The summed E-state index contributed by atoms with van der Waals surface area (Å²) < 4.78 is 5.03. The van der Waals surface area contributed by atoms with E-state index < -0.39 is 29.9 Å². The van der Waals surface area contributed by atoms with E-state index in [-0.39, 0.29) is 51.3 Å². The van der Waals surface area contributed by atoms with Gasteiger partial charge in [-0.1, -0.05) is 30.3 Å². The Morgan fingerprint density at radius 2 is 1.65 bits per heavy atom. The number of piperazine rings is 1. The highest BCUT2D eigenvalue weighted by atomic mass is 16.6. The number of ether oxygens (including phenoxy) is 1. The molecular formula is C28H36N6O6. The van der Waals surface area contributed by atoms with Crippen molar-refractivity contribution in [3.63, 3.8) is 0 Å². The first-order valence-corrected chi connectivity index (χ1v) is 13.7. The van der Waals surface area contributed by atoms with E-state index in [2.05, 4.69) is 15.2 Å². The predicted molar refractivity (Wildman–Crippen MR) is 145 cm³/mol. The molecule has 4 rings (SSSR count). The molecule has 1 aromatic heterocycles. The number of rotatable bonds is 10. The molecule has 2 saturated heterocycles. The van der Waals surface area contributed by atoms with Gasteiger partial charge in [-0.2, -0.15) is 0 Å². The quantitative estimate of drug-likeness (QED) is 0.452. The average molecular weight is 553 g/mol. The summed E-state index contributed by atoms with van der Waals surface area (Å²) in [7, 11) is 0. The van der Waals surface area contributed by atoms with E-state index in [1.807, 2.05) is 30.3 Å². The molecular weight excluding hydrogens is 516 g/mol. The molecule has 3 heterocycles. The van der Waals surface area contributed by atoms with Gasteiger partial charge in [0.25, 0.3) is 5.91 Å². The molecule has 2 aromatic rings. The number of aromatic nitrogens is 2. The number of carboxylic acids is 1. The fourth-order valence-corrected chi connectivity index (χ4v) is 4.88. The van der Waals surface area contributed by atoms with Gasteiger partial charge in [-0.25, -0.2) is 14.8 Å². The van der Waals surface area contributed by atoms with Crippen LogP contribution >= 0.6 is 0 Å². The number of nitrogens with one attached hydrogen (secondary N) is 1. The minimum Gasteiger partial charge on any atom is -0.481 e. The summed E-state index contributed by atoms with van der Waals surface area (Å²) in [4.78, 5) is 64.8. The topological polar surface area (TPSA) is 145 Å². The SMILES string of the molecule is CCOC(=O)N1CCN(C(=O)C(CCC(=O)O)NC(=O)c2cc(CN3CCCC3)nc(-c3ccccc3)n2)CC1. The van der Waals surface area contributed by atoms with Crippen LogP contribution in [0.1, 0.15) is 48.8 Å². The monoisotopic (exact) mass is 552 g/mol. The molecule has 2 fully saturated rings. The van der Waals surface area contributed by atoms with Crippen molar-refractivity contribution in [2.24, 2.45) is 0 Å². The normalized spacial score (nSPS) is 16.4. The lowest BCUT2D eigenvalue weighted by Crippen LogP contribution is -2.56. The molecule has 0 bridgehead atoms. The first kappa shape index (κ1) is 28.9. The molecule has 0 radical (unpaired) electrons. The number of aliphatic carboxylic acids is 1. The van der Waals surface area contributed by atoms with Crippen LogP contribution in [-0.2, 0) is 20.9 Å². The van der Waals surface area contributed by atoms with Gasteiger partial charge in [0.15, 0.2) is 5.82 Å². The highest BCUT2D eigenvalue weighted by Crippen LogP contribution is 2.19. The number of benzene rings is 1. The van der Waals surface area contributed by atoms with Gasteiger partial charge < -0.3 is 25.0 Å². The Bertz CT molecular complexity index is 1200. The number of amides is 3. The van der Waals surface area contributed by atoms with E-state index in [9.17, 15) is 24.3 Å². The summed E-state index contributed by atoms with van der Waals surface area (Å²) >= 11 is 0. The van der Waals surface area contributed by atoms with Crippen LogP contribution in [0.5, 0.6) is 0 Å². The van der Waals surface area contributed by atoms with E-state index in [4.69, 9.17) is 9.72 Å². The van der Waals surface area contributed by atoms with E-state index in [1.54, 1.807) is 13.0 Å². The number of carbonyl (C=O) groups excluding carboxylic acids is 3. The van der Waals surface area contributed by atoms with Crippen LogP contribution < -0.4 is 5.32 Å². The van der Waals surface area contributed by atoms with Crippen molar-refractivity contribution >= 4 is 23.9 Å². The second-order valence-electron chi connectivity index (χ2n) is 9.89. The number of hydrogen-bond acceptors (Lipinski definition) is 8. The lowest BCUT2D eigenvalue weighted by Gasteiger charge is -2.35. The van der Waals surface area contributed by atoms with Gasteiger partial charge in [-0.3, -0.25) is 19.3 Å². The van der Waals surface area contributed by atoms with E-state index >= 15 is 0 Å². The van der Waals surface area contributed by atoms with Crippen LogP contribution in [0.4, 0.5) is 4.79 Å². The Hall–Kier alpha value is -4.06. The highest BCUT2D eigenvalue weighted by molar-refractivity contribution is 5.96. The third kappa shape index (κ3) is 7.75. The molecule has 214 valence electrons. The van der Waals surface area contributed by atoms with Gasteiger partial charge in [-0.05, 0) is 45.3 Å². The Balaban J connectivity index is 1.52. The van der Waals surface area contributed by atoms with Crippen LogP contribution in [0.2, 0.25) is 0 Å². The zero-order chi connectivity index (χ0) is 28.5. The molecule has 1 aromatic carbocycles. The molecule has 12 nitrogen and oxygen atoms in total. The van der Waals surface area contributed by atoms with Crippen LogP contribution in [-0.4, -0.2) is 106 Å². The number of likely N-dealkylation sites (tertiary alicyclic amines) is 1. The maximum atomic E-state index is 13.5. The predicted octanol–water partition coefficient (Wildman–Crippen LogP) is 2.00. The average Bonchev–Trinajstić information content (AvgIpc) is 3.48. The first-order chi connectivity index (χ1) is 19.3. The molecule has 3 amide bonds. The zero-order valence-electron chi connectivity index (χ0n) is 22.8. The zero-order valence-corrected chi connectivity index (χ0v) is 22.8. The maximum Gasteiger partial charge on any atom is 0.409 e. The second-order valence-corrected chi connectivity index (χ2v) is 9.89. The summed E-state index contributed by atoms with van der Waals surface area (Å²) in [6.45, 7) is 5.56. The van der Waals surface area contributed by atoms with Gasteiger partial charge in [0.2, 0.25) is 5.91 Å². The number of nitrogens with zero attached hydrogens (tertiary/aromatic N) is 5. The highest BCUT2D eigenvalue weighted by Gasteiger charge is 2.31. The molecule has 40 heavy (non-hydrogen) atoms. The van der Waals surface area contributed by atoms with E-state index in [1.165, 1.54) is 9.80 Å². The lowest BCUT2D eigenvalue weighted by atomic mass is 10.1.